The summed E-state index contributed by atoms with van der Waals surface area (Å²) in [6, 6.07) is 5.65. The molecule has 2 heterocycles. The first-order valence-corrected chi connectivity index (χ1v) is 9.68. The van der Waals surface area contributed by atoms with E-state index in [4.69, 9.17) is 4.74 Å². The number of carbonyl (C=O) groups is 2. The van der Waals surface area contributed by atoms with E-state index in [1.54, 1.807) is 0 Å². The van der Waals surface area contributed by atoms with Crippen LogP contribution in [0, 0.1) is 0 Å². The van der Waals surface area contributed by atoms with Gasteiger partial charge in [0.2, 0.25) is 16.9 Å². The van der Waals surface area contributed by atoms with Gasteiger partial charge in [-0.1, -0.05) is 11.3 Å². The highest BCUT2D eigenvalue weighted by molar-refractivity contribution is 7.15. The van der Waals surface area contributed by atoms with Gasteiger partial charge in [0, 0.05) is 24.4 Å². The van der Waals surface area contributed by atoms with Crippen molar-refractivity contribution in [1.29, 1.82) is 0 Å². The first-order valence-electron chi connectivity index (χ1n) is 8.86. The molecule has 2 amide bonds. The molecule has 0 bridgehead atoms. The van der Waals surface area contributed by atoms with Crippen molar-refractivity contribution in [2.45, 2.75) is 44.4 Å². The van der Waals surface area contributed by atoms with Crippen LogP contribution in [0.2, 0.25) is 0 Å². The van der Waals surface area contributed by atoms with E-state index < -0.39 is 0 Å². The molecule has 0 radical (unpaired) electrons. The van der Waals surface area contributed by atoms with Crippen LogP contribution in [0.1, 0.15) is 48.6 Å². The molecule has 1 fully saturated rings. The van der Waals surface area contributed by atoms with Gasteiger partial charge >= 0.3 is 0 Å². The second-order valence-corrected chi connectivity index (χ2v) is 7.60. The predicted octanol–water partition coefficient (Wildman–Crippen LogP) is 3.10. The summed E-state index contributed by atoms with van der Waals surface area (Å²) in [4.78, 5) is 23.3. The van der Waals surface area contributed by atoms with Gasteiger partial charge in [-0.05, 0) is 49.4 Å². The summed E-state index contributed by atoms with van der Waals surface area (Å²) in [5, 5.41) is 15.4. The van der Waals surface area contributed by atoms with Gasteiger partial charge in [0.25, 0.3) is 0 Å². The minimum atomic E-state index is -0.0692. The fraction of sp³-hybridized carbons (Fsp3) is 0.444. The number of hydrogen-bond donors (Lipinski definition) is 2. The summed E-state index contributed by atoms with van der Waals surface area (Å²) < 4.78 is 5.73. The minimum Gasteiger partial charge on any atom is -0.494 e. The number of ether oxygens (including phenoxy) is 1. The lowest BCUT2D eigenvalue weighted by Gasteiger charge is -2.17. The molecule has 0 unspecified atom stereocenters. The number of amides is 2. The number of aromatic nitrogens is 2. The highest BCUT2D eigenvalue weighted by atomic mass is 32.1. The Morgan fingerprint density at radius 2 is 2.19 bits per heavy atom. The molecular formula is C18H20N4O3S. The predicted molar refractivity (Wildman–Crippen MR) is 98.6 cm³/mol. The molecule has 1 aliphatic heterocycles. The van der Waals surface area contributed by atoms with Gasteiger partial charge in [0.15, 0.2) is 0 Å². The molecule has 4 rings (SSSR count). The van der Waals surface area contributed by atoms with Crippen molar-refractivity contribution in [1.82, 2.24) is 10.2 Å². The number of nitrogens with zero attached hydrogens (tertiary/aromatic N) is 2. The van der Waals surface area contributed by atoms with E-state index >= 15 is 0 Å². The highest BCUT2D eigenvalue weighted by Gasteiger charge is 2.27. The van der Waals surface area contributed by atoms with Crippen LogP contribution in [0.15, 0.2) is 18.2 Å². The number of fused-ring (bicyclic) bond motifs is 1. The second-order valence-electron chi connectivity index (χ2n) is 6.59. The Morgan fingerprint density at radius 1 is 1.31 bits per heavy atom. The number of carbonyl (C=O) groups excluding carboxylic acids is 2. The molecule has 136 valence electrons. The average molecular weight is 372 g/mol. The quantitative estimate of drug-likeness (QED) is 0.729. The summed E-state index contributed by atoms with van der Waals surface area (Å²) in [6.07, 6.45) is 4.58. The maximum absolute atomic E-state index is 12.0. The van der Waals surface area contributed by atoms with Gasteiger partial charge in [-0.25, -0.2) is 0 Å². The molecule has 0 atom stereocenters. The van der Waals surface area contributed by atoms with Crippen molar-refractivity contribution in [2.75, 3.05) is 17.2 Å². The van der Waals surface area contributed by atoms with Gasteiger partial charge in [0.05, 0.1) is 6.61 Å². The van der Waals surface area contributed by atoms with Crippen LogP contribution in [-0.2, 0) is 16.0 Å². The third kappa shape index (κ3) is 4.19. The smallest absolute Gasteiger partial charge is 0.226 e. The monoisotopic (exact) mass is 372 g/mol. The molecule has 1 saturated carbocycles. The maximum Gasteiger partial charge on any atom is 0.226 e. The standard InChI is InChI=1S/C18H20N4O3S/c23-15(20-18-22-21-17(26-18)11-3-4-11)2-1-9-25-13-6-7-14-12(10-13)5-8-16(24)19-14/h6-7,10-11H,1-5,8-9H2,(H,19,24)(H,20,22,23). The molecule has 26 heavy (non-hydrogen) atoms. The first kappa shape index (κ1) is 17.0. The molecule has 7 nitrogen and oxygen atoms in total. The van der Waals surface area contributed by atoms with Crippen molar-refractivity contribution in [3.63, 3.8) is 0 Å². The Morgan fingerprint density at radius 3 is 3.04 bits per heavy atom. The summed E-state index contributed by atoms with van der Waals surface area (Å²) >= 11 is 1.47. The molecule has 1 aliphatic carbocycles. The van der Waals surface area contributed by atoms with Crippen LogP contribution in [0.5, 0.6) is 5.75 Å². The van der Waals surface area contributed by atoms with Crippen molar-refractivity contribution < 1.29 is 14.3 Å². The summed E-state index contributed by atoms with van der Waals surface area (Å²) in [5.74, 6) is 1.30. The fourth-order valence-corrected chi connectivity index (χ4v) is 3.76. The van der Waals surface area contributed by atoms with E-state index in [1.165, 1.54) is 24.2 Å². The lowest BCUT2D eigenvalue weighted by molar-refractivity contribution is -0.117. The fourth-order valence-electron chi connectivity index (χ4n) is 2.83. The van der Waals surface area contributed by atoms with Crippen molar-refractivity contribution in [2.24, 2.45) is 0 Å². The number of anilines is 2. The second kappa shape index (κ2) is 7.41. The van der Waals surface area contributed by atoms with Crippen LogP contribution in [0.25, 0.3) is 0 Å². The Labute approximate surface area is 155 Å². The van der Waals surface area contributed by atoms with E-state index in [9.17, 15) is 9.59 Å². The van der Waals surface area contributed by atoms with Gasteiger partial charge in [0.1, 0.15) is 10.8 Å². The summed E-state index contributed by atoms with van der Waals surface area (Å²) in [5.41, 5.74) is 1.94. The van der Waals surface area contributed by atoms with Crippen LogP contribution >= 0.6 is 11.3 Å². The summed E-state index contributed by atoms with van der Waals surface area (Å²) in [7, 11) is 0. The lowest BCUT2D eigenvalue weighted by Crippen LogP contribution is -2.18. The van der Waals surface area contributed by atoms with E-state index in [2.05, 4.69) is 20.8 Å². The van der Waals surface area contributed by atoms with Crippen LogP contribution in [0.3, 0.4) is 0 Å². The zero-order valence-corrected chi connectivity index (χ0v) is 15.1. The van der Waals surface area contributed by atoms with E-state index in [-0.39, 0.29) is 11.8 Å². The minimum absolute atomic E-state index is 0.0527. The zero-order valence-electron chi connectivity index (χ0n) is 14.3. The molecule has 0 spiro atoms. The maximum atomic E-state index is 12.0. The topological polar surface area (TPSA) is 93.2 Å². The number of rotatable bonds is 7. The van der Waals surface area contributed by atoms with Gasteiger partial charge < -0.3 is 15.4 Å². The van der Waals surface area contributed by atoms with Crippen LogP contribution in [0.4, 0.5) is 10.8 Å². The van der Waals surface area contributed by atoms with Crippen molar-refractivity contribution >= 4 is 34.0 Å². The van der Waals surface area contributed by atoms with Gasteiger partial charge in [-0.15, -0.1) is 10.2 Å². The lowest BCUT2D eigenvalue weighted by atomic mass is 10.0. The van der Waals surface area contributed by atoms with Crippen molar-refractivity contribution in [3.05, 3.63) is 28.8 Å². The zero-order chi connectivity index (χ0) is 17.9. The van der Waals surface area contributed by atoms with E-state index in [1.807, 2.05) is 18.2 Å². The molecule has 1 aromatic heterocycles. The number of nitrogens with one attached hydrogen (secondary N) is 2. The third-order valence-corrected chi connectivity index (χ3v) is 5.40. The Balaban J connectivity index is 1.19. The Hall–Kier alpha value is -2.48. The molecule has 2 aromatic rings. The normalized spacial score (nSPS) is 15.9. The first-order chi connectivity index (χ1) is 12.7. The highest BCUT2D eigenvalue weighted by Crippen LogP contribution is 2.42. The number of aryl methyl sites for hydroxylation is 1. The molecular weight excluding hydrogens is 352 g/mol. The third-order valence-electron chi connectivity index (χ3n) is 4.40. The molecule has 0 saturated heterocycles. The SMILES string of the molecule is O=C(CCCOc1ccc2c(c1)CCC(=O)N2)Nc1nnc(C2CC2)s1. The van der Waals surface area contributed by atoms with Gasteiger partial charge in [-0.2, -0.15) is 0 Å². The Kier molecular flexibility index (Phi) is 4.83. The van der Waals surface area contributed by atoms with Gasteiger partial charge in [-0.3, -0.25) is 9.59 Å². The molecule has 2 N–H and O–H groups in total. The largest absolute Gasteiger partial charge is 0.494 e. The number of hydrogen-bond acceptors (Lipinski definition) is 6. The number of benzene rings is 1. The Bertz CT molecular complexity index is 832. The van der Waals surface area contributed by atoms with E-state index in [0.717, 1.165) is 28.4 Å². The average Bonchev–Trinajstić information content (AvgIpc) is 3.38. The van der Waals surface area contributed by atoms with Crippen molar-refractivity contribution in [3.8, 4) is 5.75 Å². The molecule has 8 heteroatoms. The van der Waals surface area contributed by atoms with E-state index in [0.29, 0.717) is 36.9 Å². The van der Waals surface area contributed by atoms with Crippen LogP contribution < -0.4 is 15.4 Å². The summed E-state index contributed by atoms with van der Waals surface area (Å²) in [6.45, 7) is 0.460. The van der Waals surface area contributed by atoms with Crippen LogP contribution in [-0.4, -0.2) is 28.6 Å². The molecule has 2 aliphatic rings. The molecule has 1 aromatic carbocycles.